The maximum Gasteiger partial charge on any atom is 0.170 e. The zero-order valence-corrected chi connectivity index (χ0v) is 12.3. The third kappa shape index (κ3) is 4.68. The van der Waals surface area contributed by atoms with E-state index in [4.69, 9.17) is 23.8 Å². The van der Waals surface area contributed by atoms with Crippen molar-refractivity contribution in [2.24, 2.45) is 5.92 Å². The standard InChI is InChI=1S/C11H14BrClN2S/c1-7(2)6-14-11(16)15-8-3-4-9(12)10(13)5-8/h3-5,7H,6H2,1-2H3,(H2,14,15,16). The predicted molar refractivity (Wildman–Crippen MR) is 78.2 cm³/mol. The van der Waals surface area contributed by atoms with Gasteiger partial charge in [-0.2, -0.15) is 0 Å². The van der Waals surface area contributed by atoms with Crippen LogP contribution in [-0.4, -0.2) is 11.7 Å². The van der Waals surface area contributed by atoms with Crippen molar-refractivity contribution in [2.45, 2.75) is 13.8 Å². The molecule has 88 valence electrons. The average molecular weight is 322 g/mol. The van der Waals surface area contributed by atoms with Crippen LogP contribution in [0.5, 0.6) is 0 Å². The van der Waals surface area contributed by atoms with Crippen molar-refractivity contribution in [3.8, 4) is 0 Å². The summed E-state index contributed by atoms with van der Waals surface area (Å²) in [5.41, 5.74) is 0.884. The van der Waals surface area contributed by atoms with Gasteiger partial charge in [-0.25, -0.2) is 0 Å². The second-order valence-corrected chi connectivity index (χ2v) is 5.53. The van der Waals surface area contributed by atoms with Crippen molar-refractivity contribution in [3.63, 3.8) is 0 Å². The van der Waals surface area contributed by atoms with Gasteiger partial charge in [-0.15, -0.1) is 0 Å². The van der Waals surface area contributed by atoms with Crippen LogP contribution in [0.3, 0.4) is 0 Å². The Morgan fingerprint density at radius 3 is 2.75 bits per heavy atom. The molecule has 0 fully saturated rings. The molecule has 0 spiro atoms. The lowest BCUT2D eigenvalue weighted by Gasteiger charge is -2.12. The molecule has 0 aliphatic heterocycles. The van der Waals surface area contributed by atoms with Crippen molar-refractivity contribution < 1.29 is 0 Å². The molecule has 0 saturated carbocycles. The van der Waals surface area contributed by atoms with Crippen LogP contribution in [0.1, 0.15) is 13.8 Å². The van der Waals surface area contributed by atoms with Gasteiger partial charge in [-0.05, 0) is 52.3 Å². The third-order valence-electron chi connectivity index (χ3n) is 1.85. The Labute approximate surface area is 115 Å². The summed E-state index contributed by atoms with van der Waals surface area (Å²) in [6.07, 6.45) is 0. The molecule has 0 bridgehead atoms. The van der Waals surface area contributed by atoms with Crippen LogP contribution in [-0.2, 0) is 0 Å². The molecule has 0 aliphatic carbocycles. The fourth-order valence-electron chi connectivity index (χ4n) is 1.05. The van der Waals surface area contributed by atoms with Gasteiger partial charge in [0.25, 0.3) is 0 Å². The van der Waals surface area contributed by atoms with Gasteiger partial charge in [-0.3, -0.25) is 0 Å². The smallest absolute Gasteiger partial charge is 0.170 e. The van der Waals surface area contributed by atoms with E-state index < -0.39 is 0 Å². The number of hydrogen-bond donors (Lipinski definition) is 2. The van der Waals surface area contributed by atoms with Gasteiger partial charge < -0.3 is 10.6 Å². The summed E-state index contributed by atoms with van der Waals surface area (Å²) in [6, 6.07) is 5.63. The Morgan fingerprint density at radius 2 is 2.19 bits per heavy atom. The Morgan fingerprint density at radius 1 is 1.50 bits per heavy atom. The zero-order valence-electron chi connectivity index (χ0n) is 9.18. The van der Waals surface area contributed by atoms with Crippen molar-refractivity contribution in [3.05, 3.63) is 27.7 Å². The van der Waals surface area contributed by atoms with Crippen LogP contribution >= 0.6 is 39.7 Å². The largest absolute Gasteiger partial charge is 0.362 e. The first-order valence-electron chi connectivity index (χ1n) is 4.99. The lowest BCUT2D eigenvalue weighted by atomic mass is 10.2. The van der Waals surface area contributed by atoms with Gasteiger partial charge in [0.15, 0.2) is 5.11 Å². The summed E-state index contributed by atoms with van der Waals surface area (Å²) in [4.78, 5) is 0. The Hall–Kier alpha value is -0.320. The van der Waals surface area contributed by atoms with Gasteiger partial charge in [0.2, 0.25) is 0 Å². The monoisotopic (exact) mass is 320 g/mol. The van der Waals surface area contributed by atoms with Crippen LogP contribution in [0.2, 0.25) is 5.02 Å². The molecule has 0 saturated heterocycles. The molecule has 0 atom stereocenters. The highest BCUT2D eigenvalue weighted by Gasteiger charge is 2.01. The van der Waals surface area contributed by atoms with E-state index in [2.05, 4.69) is 40.4 Å². The fraction of sp³-hybridized carbons (Fsp3) is 0.364. The number of anilines is 1. The Kier molecular flexibility index (Phi) is 5.52. The van der Waals surface area contributed by atoms with Gasteiger partial charge in [0, 0.05) is 16.7 Å². The number of halogens is 2. The van der Waals surface area contributed by atoms with E-state index in [1.54, 1.807) is 0 Å². The Bertz CT molecular complexity index is 382. The van der Waals surface area contributed by atoms with E-state index in [-0.39, 0.29) is 0 Å². The van der Waals surface area contributed by atoms with E-state index in [0.29, 0.717) is 16.1 Å². The summed E-state index contributed by atoms with van der Waals surface area (Å²) >= 11 is 14.5. The summed E-state index contributed by atoms with van der Waals surface area (Å²) in [7, 11) is 0. The third-order valence-corrected chi connectivity index (χ3v) is 3.33. The van der Waals surface area contributed by atoms with Crippen molar-refractivity contribution >= 4 is 50.5 Å². The normalized spacial score (nSPS) is 10.3. The summed E-state index contributed by atoms with van der Waals surface area (Å²) in [5.74, 6) is 0.563. The highest BCUT2D eigenvalue weighted by atomic mass is 79.9. The van der Waals surface area contributed by atoms with E-state index in [1.165, 1.54) is 0 Å². The first-order chi connectivity index (χ1) is 7.49. The second kappa shape index (κ2) is 6.42. The lowest BCUT2D eigenvalue weighted by molar-refractivity contribution is 0.627. The second-order valence-electron chi connectivity index (χ2n) is 3.86. The fourth-order valence-corrected chi connectivity index (χ4v) is 1.67. The minimum absolute atomic E-state index is 0.563. The summed E-state index contributed by atoms with van der Waals surface area (Å²) in [5, 5.41) is 7.49. The van der Waals surface area contributed by atoms with Crippen LogP contribution in [0.15, 0.2) is 22.7 Å². The maximum atomic E-state index is 5.97. The maximum absolute atomic E-state index is 5.97. The molecule has 0 radical (unpaired) electrons. The van der Waals surface area contributed by atoms with Crippen molar-refractivity contribution in [2.75, 3.05) is 11.9 Å². The number of rotatable bonds is 3. The average Bonchev–Trinajstić information content (AvgIpc) is 2.21. The highest BCUT2D eigenvalue weighted by molar-refractivity contribution is 9.10. The van der Waals surface area contributed by atoms with Crippen molar-refractivity contribution in [1.82, 2.24) is 5.32 Å². The van der Waals surface area contributed by atoms with Gasteiger partial charge in [-0.1, -0.05) is 25.4 Å². The summed E-state index contributed by atoms with van der Waals surface area (Å²) < 4.78 is 0.876. The molecule has 0 aliphatic rings. The molecular weight excluding hydrogens is 308 g/mol. The molecule has 0 unspecified atom stereocenters. The van der Waals surface area contributed by atoms with Crippen LogP contribution in [0, 0.1) is 5.92 Å². The van der Waals surface area contributed by atoms with Gasteiger partial charge in [0.1, 0.15) is 0 Å². The summed E-state index contributed by atoms with van der Waals surface area (Å²) in [6.45, 7) is 5.12. The molecule has 5 heteroatoms. The zero-order chi connectivity index (χ0) is 12.1. The SMILES string of the molecule is CC(C)CNC(=S)Nc1ccc(Br)c(Cl)c1. The van der Waals surface area contributed by atoms with Crippen LogP contribution in [0.4, 0.5) is 5.69 Å². The van der Waals surface area contributed by atoms with E-state index in [9.17, 15) is 0 Å². The minimum atomic E-state index is 0.563. The first kappa shape index (κ1) is 13.7. The molecule has 0 heterocycles. The van der Waals surface area contributed by atoms with E-state index in [0.717, 1.165) is 16.7 Å². The van der Waals surface area contributed by atoms with Gasteiger partial charge >= 0.3 is 0 Å². The molecular formula is C11H14BrClN2S. The minimum Gasteiger partial charge on any atom is -0.362 e. The predicted octanol–water partition coefficient (Wildman–Crippen LogP) is 4.04. The molecule has 2 N–H and O–H groups in total. The Balaban J connectivity index is 2.53. The van der Waals surface area contributed by atoms with Crippen LogP contribution < -0.4 is 10.6 Å². The topological polar surface area (TPSA) is 24.1 Å². The van der Waals surface area contributed by atoms with Gasteiger partial charge in [0.05, 0.1) is 5.02 Å². The quantitative estimate of drug-likeness (QED) is 0.822. The number of thiocarbonyl (C=S) groups is 1. The van der Waals surface area contributed by atoms with E-state index in [1.807, 2.05) is 18.2 Å². The van der Waals surface area contributed by atoms with E-state index >= 15 is 0 Å². The lowest BCUT2D eigenvalue weighted by Crippen LogP contribution is -2.31. The first-order valence-corrected chi connectivity index (χ1v) is 6.57. The number of nitrogens with one attached hydrogen (secondary N) is 2. The molecule has 1 aromatic rings. The molecule has 2 nitrogen and oxygen atoms in total. The highest BCUT2D eigenvalue weighted by Crippen LogP contribution is 2.25. The van der Waals surface area contributed by atoms with Crippen molar-refractivity contribution in [1.29, 1.82) is 0 Å². The molecule has 0 aromatic heterocycles. The van der Waals surface area contributed by atoms with Crippen LogP contribution in [0.25, 0.3) is 0 Å². The molecule has 1 rings (SSSR count). The molecule has 1 aromatic carbocycles. The molecule has 16 heavy (non-hydrogen) atoms. The number of benzene rings is 1. The number of hydrogen-bond acceptors (Lipinski definition) is 1. The molecule has 0 amide bonds.